The number of H-pyrrole nitrogens is 1. The highest BCUT2D eigenvalue weighted by Crippen LogP contribution is 2.36. The molecule has 4 nitrogen and oxygen atoms in total. The fourth-order valence-corrected chi connectivity index (χ4v) is 2.10. The molecule has 2 aromatic heterocycles. The van der Waals surface area contributed by atoms with Gasteiger partial charge in [0, 0.05) is 23.1 Å². The van der Waals surface area contributed by atoms with Gasteiger partial charge in [0.15, 0.2) is 0 Å². The quantitative estimate of drug-likeness (QED) is 0.872. The van der Waals surface area contributed by atoms with Gasteiger partial charge < -0.3 is 10.3 Å². The van der Waals surface area contributed by atoms with E-state index in [4.69, 9.17) is 0 Å². The van der Waals surface area contributed by atoms with E-state index in [2.05, 4.69) is 36.2 Å². The standard InChI is InChI=1S/C12H12BrF3N4/c1-2-9(11-17-3-4-18-11)20-10-8(12(14,15)16)5-7(13)6-19-10/h3-6,9H,2H2,1H3,(H,17,18)(H,19,20). The predicted octanol–water partition coefficient (Wildman–Crippen LogP) is 4.15. The van der Waals surface area contributed by atoms with Crippen LogP contribution in [0.3, 0.4) is 0 Å². The number of rotatable bonds is 4. The molecule has 1 atom stereocenters. The van der Waals surface area contributed by atoms with Crippen LogP contribution in [0, 0.1) is 0 Å². The lowest BCUT2D eigenvalue weighted by Gasteiger charge is -2.19. The topological polar surface area (TPSA) is 53.6 Å². The molecular formula is C12H12BrF3N4. The van der Waals surface area contributed by atoms with E-state index in [1.165, 1.54) is 6.20 Å². The van der Waals surface area contributed by atoms with Gasteiger partial charge in [0.2, 0.25) is 0 Å². The number of nitrogens with one attached hydrogen (secondary N) is 2. The summed E-state index contributed by atoms with van der Waals surface area (Å²) in [6.07, 6.45) is 0.605. The Kier molecular flexibility index (Phi) is 4.32. The van der Waals surface area contributed by atoms with E-state index < -0.39 is 11.7 Å². The van der Waals surface area contributed by atoms with E-state index in [1.807, 2.05) is 6.92 Å². The maximum absolute atomic E-state index is 13.0. The molecule has 1 unspecified atom stereocenters. The number of anilines is 1. The lowest BCUT2D eigenvalue weighted by Crippen LogP contribution is -2.17. The number of hydrogen-bond donors (Lipinski definition) is 2. The molecule has 2 heterocycles. The third-order valence-electron chi connectivity index (χ3n) is 2.73. The first-order chi connectivity index (χ1) is 9.41. The minimum absolute atomic E-state index is 0.205. The van der Waals surface area contributed by atoms with Crippen LogP contribution in [0.5, 0.6) is 0 Å². The third-order valence-corrected chi connectivity index (χ3v) is 3.16. The second-order valence-electron chi connectivity index (χ2n) is 4.13. The number of imidazole rings is 1. The van der Waals surface area contributed by atoms with Gasteiger partial charge in [0.1, 0.15) is 11.6 Å². The van der Waals surface area contributed by atoms with Gasteiger partial charge >= 0.3 is 6.18 Å². The van der Waals surface area contributed by atoms with Crippen molar-refractivity contribution in [1.82, 2.24) is 15.0 Å². The maximum atomic E-state index is 13.0. The van der Waals surface area contributed by atoms with E-state index in [-0.39, 0.29) is 16.3 Å². The summed E-state index contributed by atoms with van der Waals surface area (Å²) >= 11 is 3.00. The van der Waals surface area contributed by atoms with Crippen molar-refractivity contribution >= 4 is 21.7 Å². The Hall–Kier alpha value is -1.57. The number of pyridine rings is 1. The SMILES string of the molecule is CCC(Nc1ncc(Br)cc1C(F)(F)F)c1ncc[nH]1. The molecule has 0 radical (unpaired) electrons. The van der Waals surface area contributed by atoms with Crippen molar-refractivity contribution in [2.45, 2.75) is 25.6 Å². The molecule has 108 valence electrons. The fraction of sp³-hybridized carbons (Fsp3) is 0.333. The van der Waals surface area contributed by atoms with Crippen molar-refractivity contribution in [2.75, 3.05) is 5.32 Å². The summed E-state index contributed by atoms with van der Waals surface area (Å²) in [5.41, 5.74) is -0.808. The molecule has 0 aliphatic rings. The van der Waals surface area contributed by atoms with Crippen molar-refractivity contribution in [3.8, 4) is 0 Å². The van der Waals surface area contributed by atoms with Crippen molar-refractivity contribution in [3.05, 3.63) is 40.5 Å². The zero-order chi connectivity index (χ0) is 14.8. The Balaban J connectivity index is 2.33. The minimum Gasteiger partial charge on any atom is -0.360 e. The van der Waals surface area contributed by atoms with Crippen molar-refractivity contribution in [2.24, 2.45) is 0 Å². The molecule has 0 spiro atoms. The Bertz CT molecular complexity index is 569. The van der Waals surface area contributed by atoms with E-state index in [9.17, 15) is 13.2 Å². The Morgan fingerprint density at radius 1 is 1.40 bits per heavy atom. The highest BCUT2D eigenvalue weighted by molar-refractivity contribution is 9.10. The summed E-state index contributed by atoms with van der Waals surface area (Å²) in [5.74, 6) is 0.370. The molecule has 2 aromatic rings. The van der Waals surface area contributed by atoms with E-state index in [1.54, 1.807) is 12.4 Å². The fourth-order valence-electron chi connectivity index (χ4n) is 1.77. The highest BCUT2D eigenvalue weighted by Gasteiger charge is 2.35. The summed E-state index contributed by atoms with van der Waals surface area (Å²) in [6, 6.07) is 0.643. The van der Waals surface area contributed by atoms with Gasteiger partial charge in [-0.1, -0.05) is 6.92 Å². The van der Waals surface area contributed by atoms with Gasteiger partial charge in [-0.25, -0.2) is 9.97 Å². The smallest absolute Gasteiger partial charge is 0.360 e. The van der Waals surface area contributed by atoms with Gasteiger partial charge in [-0.3, -0.25) is 0 Å². The van der Waals surface area contributed by atoms with Crippen LogP contribution in [0.2, 0.25) is 0 Å². The number of alkyl halides is 3. The summed E-state index contributed by atoms with van der Waals surface area (Å²) < 4.78 is 39.3. The van der Waals surface area contributed by atoms with Gasteiger partial charge in [0.25, 0.3) is 0 Å². The summed E-state index contributed by atoms with van der Waals surface area (Å²) in [5, 5.41) is 2.79. The van der Waals surface area contributed by atoms with Crippen LogP contribution in [0.15, 0.2) is 29.1 Å². The van der Waals surface area contributed by atoms with Crippen molar-refractivity contribution in [3.63, 3.8) is 0 Å². The summed E-state index contributed by atoms with van der Waals surface area (Å²) in [4.78, 5) is 10.8. The molecule has 0 aliphatic heterocycles. The molecule has 20 heavy (non-hydrogen) atoms. The van der Waals surface area contributed by atoms with Crippen LogP contribution in [-0.4, -0.2) is 15.0 Å². The van der Waals surface area contributed by atoms with Crippen LogP contribution in [0.1, 0.15) is 30.8 Å². The van der Waals surface area contributed by atoms with Crippen molar-refractivity contribution in [1.29, 1.82) is 0 Å². The molecule has 0 amide bonds. The number of aromatic amines is 1. The number of hydrogen-bond acceptors (Lipinski definition) is 3. The minimum atomic E-state index is -4.47. The summed E-state index contributed by atoms with van der Waals surface area (Å²) in [7, 11) is 0. The average Bonchev–Trinajstić information content (AvgIpc) is 2.90. The van der Waals surface area contributed by atoms with E-state index in [0.717, 1.165) is 6.07 Å². The van der Waals surface area contributed by atoms with Crippen LogP contribution in [0.4, 0.5) is 19.0 Å². The predicted molar refractivity (Wildman–Crippen MR) is 72.2 cm³/mol. The molecular weight excluding hydrogens is 337 g/mol. The molecule has 0 bridgehead atoms. The highest BCUT2D eigenvalue weighted by atomic mass is 79.9. The average molecular weight is 349 g/mol. The van der Waals surface area contributed by atoms with Crippen LogP contribution >= 0.6 is 15.9 Å². The lowest BCUT2D eigenvalue weighted by molar-refractivity contribution is -0.137. The van der Waals surface area contributed by atoms with Gasteiger partial charge in [-0.15, -0.1) is 0 Å². The van der Waals surface area contributed by atoms with E-state index >= 15 is 0 Å². The first-order valence-corrected chi connectivity index (χ1v) is 6.69. The second-order valence-corrected chi connectivity index (χ2v) is 5.04. The molecule has 0 aromatic carbocycles. The Morgan fingerprint density at radius 2 is 2.15 bits per heavy atom. The van der Waals surface area contributed by atoms with Gasteiger partial charge in [-0.2, -0.15) is 13.2 Å². The molecule has 0 saturated carbocycles. The first-order valence-electron chi connectivity index (χ1n) is 5.90. The molecule has 0 saturated heterocycles. The molecule has 8 heteroatoms. The van der Waals surface area contributed by atoms with Crippen LogP contribution in [-0.2, 0) is 6.18 Å². The molecule has 0 fully saturated rings. The monoisotopic (exact) mass is 348 g/mol. The number of halogens is 4. The zero-order valence-corrected chi connectivity index (χ0v) is 12.1. The normalized spacial score (nSPS) is 13.2. The van der Waals surface area contributed by atoms with E-state index in [0.29, 0.717) is 12.2 Å². The zero-order valence-electron chi connectivity index (χ0n) is 10.5. The molecule has 0 aliphatic carbocycles. The maximum Gasteiger partial charge on any atom is 0.419 e. The Labute approximate surface area is 122 Å². The van der Waals surface area contributed by atoms with Gasteiger partial charge in [-0.05, 0) is 28.4 Å². The van der Waals surface area contributed by atoms with Crippen LogP contribution in [0.25, 0.3) is 0 Å². The number of nitrogens with zero attached hydrogens (tertiary/aromatic N) is 2. The largest absolute Gasteiger partial charge is 0.419 e. The first kappa shape index (κ1) is 14.8. The molecule has 2 N–H and O–H groups in total. The second kappa shape index (κ2) is 5.82. The Morgan fingerprint density at radius 3 is 2.70 bits per heavy atom. The third kappa shape index (κ3) is 3.30. The van der Waals surface area contributed by atoms with Gasteiger partial charge in [0.05, 0.1) is 11.6 Å². The number of aromatic nitrogens is 3. The van der Waals surface area contributed by atoms with Crippen LogP contribution < -0.4 is 5.32 Å². The van der Waals surface area contributed by atoms with Crippen molar-refractivity contribution < 1.29 is 13.2 Å². The summed E-state index contributed by atoms with van der Waals surface area (Å²) in [6.45, 7) is 1.85. The molecule has 2 rings (SSSR count). The lowest BCUT2D eigenvalue weighted by atomic mass is 10.2.